The number of halogens is 1. The van der Waals surface area contributed by atoms with E-state index in [2.05, 4.69) is 20.8 Å². The molecule has 1 heteroatoms. The molecule has 0 bridgehead atoms. The van der Waals surface area contributed by atoms with Gasteiger partial charge in [-0.2, -0.15) is 0 Å². The lowest BCUT2D eigenvalue weighted by Crippen LogP contribution is -2.00. The Kier molecular flexibility index (Phi) is 4.35. The van der Waals surface area contributed by atoms with Gasteiger partial charge in [0.25, 0.3) is 0 Å². The van der Waals surface area contributed by atoms with E-state index in [0.29, 0.717) is 5.92 Å². The van der Waals surface area contributed by atoms with Gasteiger partial charge in [-0.15, -0.1) is 11.6 Å². The first-order valence-electron chi connectivity index (χ1n) is 2.93. The molecule has 0 aromatic heterocycles. The Morgan fingerprint density at radius 2 is 2.12 bits per heavy atom. The summed E-state index contributed by atoms with van der Waals surface area (Å²) in [4.78, 5) is 0. The van der Waals surface area contributed by atoms with Crippen molar-refractivity contribution in [2.45, 2.75) is 25.1 Å². The molecule has 0 fully saturated rings. The van der Waals surface area contributed by atoms with E-state index < -0.39 is 0 Å². The van der Waals surface area contributed by atoms with Crippen LogP contribution in [0.2, 0.25) is 0 Å². The molecule has 0 aliphatic rings. The third kappa shape index (κ3) is 4.45. The van der Waals surface area contributed by atoms with Crippen molar-refractivity contribution in [2.24, 2.45) is 5.92 Å². The summed E-state index contributed by atoms with van der Waals surface area (Å²) in [5.74, 6) is 0.458. The van der Waals surface area contributed by atoms with Gasteiger partial charge in [-0.1, -0.05) is 20.8 Å². The van der Waals surface area contributed by atoms with Crippen LogP contribution in [0.15, 0.2) is 0 Å². The molecule has 0 aliphatic heterocycles. The normalized spacial score (nSPS) is 14.6. The highest BCUT2D eigenvalue weighted by atomic mass is 35.5. The molecule has 8 heavy (non-hydrogen) atoms. The summed E-state index contributed by atoms with van der Waals surface area (Å²) in [6.45, 7) is 9.55. The second kappa shape index (κ2) is 4.20. The quantitative estimate of drug-likeness (QED) is 0.518. The van der Waals surface area contributed by atoms with Gasteiger partial charge in [0.1, 0.15) is 0 Å². The average Bonchev–Trinajstić information content (AvgIpc) is 1.65. The minimum absolute atomic E-state index is 0.225. The molecule has 0 spiro atoms. The zero-order valence-corrected chi connectivity index (χ0v) is 6.12. The van der Waals surface area contributed by atoms with E-state index in [1.165, 1.54) is 0 Å². The largest absolute Gasteiger partial charge is 0.123 e. The Morgan fingerprint density at radius 1 is 1.62 bits per heavy atom. The molecule has 0 amide bonds. The van der Waals surface area contributed by atoms with E-state index in [1.807, 2.05) is 0 Å². The summed E-state index contributed by atoms with van der Waals surface area (Å²) >= 11 is 5.76. The highest BCUT2D eigenvalue weighted by Crippen LogP contribution is 2.12. The van der Waals surface area contributed by atoms with Crippen LogP contribution < -0.4 is 0 Å². The number of hydrogen-bond donors (Lipinski definition) is 0. The third-order valence-corrected chi connectivity index (χ3v) is 1.37. The first kappa shape index (κ1) is 8.29. The summed E-state index contributed by atoms with van der Waals surface area (Å²) in [5.41, 5.74) is 0. The minimum Gasteiger partial charge on any atom is -0.123 e. The average molecular weight is 133 g/mol. The molecule has 0 saturated carbocycles. The lowest BCUT2D eigenvalue weighted by molar-refractivity contribution is 0.614. The molecule has 2 atom stereocenters. The van der Waals surface area contributed by atoms with Gasteiger partial charge in [0, 0.05) is 5.38 Å². The maximum Gasteiger partial charge on any atom is 0.0338 e. The monoisotopic (exact) mass is 132 g/mol. The first-order valence-corrected chi connectivity index (χ1v) is 3.36. The highest BCUT2D eigenvalue weighted by Gasteiger charge is 2.02. The van der Waals surface area contributed by atoms with Crippen LogP contribution in [0, 0.1) is 19.8 Å². The molecule has 0 aliphatic carbocycles. The molecule has 0 aromatic carbocycles. The smallest absolute Gasteiger partial charge is 0.0338 e. The van der Waals surface area contributed by atoms with E-state index in [4.69, 9.17) is 11.6 Å². The Balaban J connectivity index is 3.10. The van der Waals surface area contributed by atoms with E-state index >= 15 is 0 Å². The van der Waals surface area contributed by atoms with Crippen LogP contribution in [0.3, 0.4) is 0 Å². The lowest BCUT2D eigenvalue weighted by Gasteiger charge is -2.07. The predicted octanol–water partition coefficient (Wildman–Crippen LogP) is 2.68. The Bertz CT molecular complexity index is 50.3. The molecule has 0 rings (SSSR count). The number of alkyl halides is 1. The van der Waals surface area contributed by atoms with Crippen molar-refractivity contribution in [3.63, 3.8) is 0 Å². The van der Waals surface area contributed by atoms with Crippen LogP contribution in [-0.2, 0) is 0 Å². The van der Waals surface area contributed by atoms with Crippen molar-refractivity contribution in [1.82, 2.24) is 0 Å². The van der Waals surface area contributed by atoms with Crippen molar-refractivity contribution in [3.8, 4) is 0 Å². The van der Waals surface area contributed by atoms with Crippen molar-refractivity contribution in [1.29, 1.82) is 0 Å². The minimum atomic E-state index is 0.225. The predicted molar refractivity (Wildman–Crippen MR) is 38.8 cm³/mol. The van der Waals surface area contributed by atoms with Gasteiger partial charge in [-0.3, -0.25) is 0 Å². The van der Waals surface area contributed by atoms with Gasteiger partial charge in [0.2, 0.25) is 0 Å². The first-order chi connectivity index (χ1) is 3.66. The Labute approximate surface area is 57.2 Å². The summed E-state index contributed by atoms with van der Waals surface area (Å²) in [6, 6.07) is 0. The Morgan fingerprint density at radius 3 is 2.25 bits per heavy atom. The summed E-state index contributed by atoms with van der Waals surface area (Å²) in [7, 11) is 0. The van der Waals surface area contributed by atoms with Gasteiger partial charge < -0.3 is 0 Å². The fourth-order valence-electron chi connectivity index (χ4n) is 0.554. The van der Waals surface area contributed by atoms with Crippen molar-refractivity contribution < 1.29 is 0 Å². The van der Waals surface area contributed by atoms with Gasteiger partial charge in [-0.05, 0) is 18.8 Å². The molecule has 48 valence electrons. The van der Waals surface area contributed by atoms with Crippen molar-refractivity contribution in [3.05, 3.63) is 13.8 Å². The van der Waals surface area contributed by atoms with Gasteiger partial charge in [-0.25, -0.2) is 0 Å². The zero-order chi connectivity index (χ0) is 6.57. The Hall–Kier alpha value is 0.290. The van der Waals surface area contributed by atoms with Crippen molar-refractivity contribution >= 4 is 11.6 Å². The van der Waals surface area contributed by atoms with Gasteiger partial charge >= 0.3 is 0 Å². The SMILES string of the molecule is [CH2]CC(Cl)CC([CH2])C. The molecule has 0 heterocycles. The molecule has 0 N–H and O–H groups in total. The molecule has 0 aromatic rings. The van der Waals surface area contributed by atoms with E-state index in [9.17, 15) is 0 Å². The maximum atomic E-state index is 5.76. The van der Waals surface area contributed by atoms with Gasteiger partial charge in [0.05, 0.1) is 0 Å². The summed E-state index contributed by atoms with van der Waals surface area (Å²) in [6.07, 6.45) is 1.78. The van der Waals surface area contributed by atoms with Crippen LogP contribution in [0.5, 0.6) is 0 Å². The van der Waals surface area contributed by atoms with Crippen LogP contribution in [-0.4, -0.2) is 5.38 Å². The van der Waals surface area contributed by atoms with Gasteiger partial charge in [0.15, 0.2) is 0 Å². The fourth-order valence-corrected chi connectivity index (χ4v) is 0.859. The standard InChI is InChI=1S/C7H13Cl/c1-4-7(8)5-6(2)3/h6-7H,1-2,4-5H2,3H3. The number of hydrogen-bond acceptors (Lipinski definition) is 0. The molecule has 0 nitrogen and oxygen atoms in total. The maximum absolute atomic E-state index is 5.76. The number of rotatable bonds is 3. The second-order valence-electron chi connectivity index (χ2n) is 2.23. The van der Waals surface area contributed by atoms with Crippen LogP contribution in [0.25, 0.3) is 0 Å². The molecular weight excluding hydrogens is 120 g/mol. The zero-order valence-electron chi connectivity index (χ0n) is 5.36. The highest BCUT2D eigenvalue weighted by molar-refractivity contribution is 6.20. The molecular formula is C7H13Cl. The molecule has 2 radical (unpaired) electrons. The van der Waals surface area contributed by atoms with Crippen LogP contribution >= 0.6 is 11.6 Å². The summed E-state index contributed by atoms with van der Waals surface area (Å²) < 4.78 is 0. The van der Waals surface area contributed by atoms with E-state index in [0.717, 1.165) is 12.8 Å². The van der Waals surface area contributed by atoms with Crippen molar-refractivity contribution in [2.75, 3.05) is 0 Å². The summed E-state index contributed by atoms with van der Waals surface area (Å²) in [5, 5.41) is 0.225. The topological polar surface area (TPSA) is 0 Å². The van der Waals surface area contributed by atoms with E-state index in [1.54, 1.807) is 0 Å². The van der Waals surface area contributed by atoms with Crippen LogP contribution in [0.4, 0.5) is 0 Å². The van der Waals surface area contributed by atoms with E-state index in [-0.39, 0.29) is 5.38 Å². The lowest BCUT2D eigenvalue weighted by atomic mass is 10.1. The van der Waals surface area contributed by atoms with Crippen LogP contribution in [0.1, 0.15) is 19.8 Å². The fraction of sp³-hybridized carbons (Fsp3) is 0.714. The second-order valence-corrected chi connectivity index (χ2v) is 2.84. The molecule has 2 unspecified atom stereocenters. The molecule has 0 saturated heterocycles. The third-order valence-electron chi connectivity index (χ3n) is 0.971.